The lowest BCUT2D eigenvalue weighted by atomic mass is 10.2. The molecule has 1 heterocycles. The zero-order chi connectivity index (χ0) is 16.5. The summed E-state index contributed by atoms with van der Waals surface area (Å²) in [6.45, 7) is 4.68. The Hall–Kier alpha value is -2.01. The van der Waals surface area contributed by atoms with Crippen molar-refractivity contribution < 1.29 is 4.79 Å². The van der Waals surface area contributed by atoms with Crippen LogP contribution in [0.1, 0.15) is 23.7 Å². The van der Waals surface area contributed by atoms with E-state index in [2.05, 4.69) is 34.3 Å². The van der Waals surface area contributed by atoms with Gasteiger partial charge in [-0.25, -0.2) is 4.98 Å². The van der Waals surface area contributed by atoms with E-state index in [9.17, 15) is 4.79 Å². The standard InChI is InChI=1S/C18H23N3OS/c1-3-21(15-9-5-4-6-10-15)14-8-13-19-17(22)16-11-7-12-20-18(16)23-2/h4-7,9-12H,3,8,13-14H2,1-2H3,(H,19,22). The Morgan fingerprint density at radius 1 is 1.22 bits per heavy atom. The van der Waals surface area contributed by atoms with E-state index in [0.29, 0.717) is 12.1 Å². The van der Waals surface area contributed by atoms with Crippen molar-refractivity contribution in [1.82, 2.24) is 10.3 Å². The van der Waals surface area contributed by atoms with Crippen molar-refractivity contribution >= 4 is 23.4 Å². The van der Waals surface area contributed by atoms with Crippen LogP contribution in [0.4, 0.5) is 5.69 Å². The number of nitrogens with zero attached hydrogens (tertiary/aromatic N) is 2. The van der Waals surface area contributed by atoms with E-state index in [0.717, 1.165) is 24.5 Å². The van der Waals surface area contributed by atoms with Gasteiger partial charge in [-0.1, -0.05) is 18.2 Å². The molecule has 0 radical (unpaired) electrons. The molecule has 4 nitrogen and oxygen atoms in total. The van der Waals surface area contributed by atoms with Crippen molar-refractivity contribution in [2.75, 3.05) is 30.8 Å². The summed E-state index contributed by atoms with van der Waals surface area (Å²) < 4.78 is 0. The van der Waals surface area contributed by atoms with E-state index in [1.165, 1.54) is 17.4 Å². The van der Waals surface area contributed by atoms with Crippen LogP contribution in [0.3, 0.4) is 0 Å². The van der Waals surface area contributed by atoms with Gasteiger partial charge in [-0.15, -0.1) is 11.8 Å². The Morgan fingerprint density at radius 3 is 2.70 bits per heavy atom. The predicted molar refractivity (Wildman–Crippen MR) is 97.3 cm³/mol. The Kier molecular flexibility index (Phi) is 6.94. The average molecular weight is 329 g/mol. The Labute approximate surface area is 142 Å². The highest BCUT2D eigenvalue weighted by molar-refractivity contribution is 7.98. The number of amides is 1. The molecule has 2 rings (SSSR count). The number of aromatic nitrogens is 1. The predicted octanol–water partition coefficient (Wildman–Crippen LogP) is 3.45. The second-order valence-corrected chi connectivity index (χ2v) is 5.88. The lowest BCUT2D eigenvalue weighted by Gasteiger charge is -2.23. The molecule has 0 saturated heterocycles. The molecule has 2 aromatic rings. The van der Waals surface area contributed by atoms with Crippen LogP contribution >= 0.6 is 11.8 Å². The van der Waals surface area contributed by atoms with Gasteiger partial charge in [0.25, 0.3) is 5.91 Å². The molecule has 0 bridgehead atoms. The van der Waals surface area contributed by atoms with E-state index < -0.39 is 0 Å². The number of benzene rings is 1. The third-order valence-corrected chi connectivity index (χ3v) is 4.31. The molecule has 1 aromatic carbocycles. The minimum absolute atomic E-state index is 0.0507. The smallest absolute Gasteiger partial charge is 0.254 e. The zero-order valence-corrected chi connectivity index (χ0v) is 14.5. The largest absolute Gasteiger partial charge is 0.372 e. The van der Waals surface area contributed by atoms with Crippen LogP contribution in [0.2, 0.25) is 0 Å². The lowest BCUT2D eigenvalue weighted by Crippen LogP contribution is -2.30. The molecule has 5 heteroatoms. The number of nitrogens with one attached hydrogen (secondary N) is 1. The van der Waals surface area contributed by atoms with Crippen molar-refractivity contribution in [2.45, 2.75) is 18.4 Å². The Bertz CT molecular complexity index is 619. The first-order chi connectivity index (χ1) is 11.3. The van der Waals surface area contributed by atoms with E-state index in [-0.39, 0.29) is 5.91 Å². The zero-order valence-electron chi connectivity index (χ0n) is 13.7. The quantitative estimate of drug-likeness (QED) is 0.595. The SMILES string of the molecule is CCN(CCCNC(=O)c1cccnc1SC)c1ccccc1. The van der Waals surface area contributed by atoms with Gasteiger partial charge in [-0.2, -0.15) is 0 Å². The number of carbonyl (C=O) groups excluding carboxylic acids is 1. The number of anilines is 1. The normalized spacial score (nSPS) is 10.3. The molecule has 1 N–H and O–H groups in total. The van der Waals surface area contributed by atoms with Gasteiger partial charge >= 0.3 is 0 Å². The van der Waals surface area contributed by atoms with Crippen molar-refractivity contribution in [3.63, 3.8) is 0 Å². The van der Waals surface area contributed by atoms with E-state index in [1.54, 1.807) is 12.3 Å². The van der Waals surface area contributed by atoms with Gasteiger partial charge < -0.3 is 10.2 Å². The van der Waals surface area contributed by atoms with Crippen molar-refractivity contribution in [3.8, 4) is 0 Å². The highest BCUT2D eigenvalue weighted by Gasteiger charge is 2.11. The summed E-state index contributed by atoms with van der Waals surface area (Å²) in [6, 6.07) is 14.0. The summed E-state index contributed by atoms with van der Waals surface area (Å²) in [5.74, 6) is -0.0507. The minimum Gasteiger partial charge on any atom is -0.372 e. The molecule has 0 aliphatic carbocycles. The molecule has 1 amide bonds. The molecular weight excluding hydrogens is 306 g/mol. The van der Waals surface area contributed by atoms with Crippen molar-refractivity contribution in [1.29, 1.82) is 0 Å². The van der Waals surface area contributed by atoms with Gasteiger partial charge in [0.15, 0.2) is 0 Å². The highest BCUT2D eigenvalue weighted by Crippen LogP contribution is 2.16. The topological polar surface area (TPSA) is 45.2 Å². The molecule has 0 aliphatic rings. The maximum Gasteiger partial charge on any atom is 0.254 e. The maximum absolute atomic E-state index is 12.2. The minimum atomic E-state index is -0.0507. The van der Waals surface area contributed by atoms with Gasteiger partial charge in [0.05, 0.1) is 5.56 Å². The van der Waals surface area contributed by atoms with Crippen LogP contribution < -0.4 is 10.2 Å². The van der Waals surface area contributed by atoms with Crippen LogP contribution in [-0.4, -0.2) is 36.8 Å². The fourth-order valence-electron chi connectivity index (χ4n) is 2.40. The van der Waals surface area contributed by atoms with Gasteiger partial charge in [0.1, 0.15) is 5.03 Å². The fraction of sp³-hybridized carbons (Fsp3) is 0.333. The van der Waals surface area contributed by atoms with Gasteiger partial charge in [-0.05, 0) is 43.9 Å². The molecule has 0 aliphatic heterocycles. The molecule has 0 fully saturated rings. The Balaban J connectivity index is 1.81. The van der Waals surface area contributed by atoms with Crippen LogP contribution in [0.25, 0.3) is 0 Å². The Morgan fingerprint density at radius 2 is 2.00 bits per heavy atom. The first-order valence-electron chi connectivity index (χ1n) is 7.83. The van der Waals surface area contributed by atoms with E-state index in [4.69, 9.17) is 0 Å². The molecule has 0 unspecified atom stereocenters. The van der Waals surface area contributed by atoms with Crippen molar-refractivity contribution in [2.24, 2.45) is 0 Å². The summed E-state index contributed by atoms with van der Waals surface area (Å²) in [4.78, 5) is 18.8. The molecular formula is C18H23N3OS. The summed E-state index contributed by atoms with van der Waals surface area (Å²) in [7, 11) is 0. The molecule has 0 spiro atoms. The first-order valence-corrected chi connectivity index (χ1v) is 9.06. The second kappa shape index (κ2) is 9.20. The molecule has 0 saturated carbocycles. The molecule has 23 heavy (non-hydrogen) atoms. The summed E-state index contributed by atoms with van der Waals surface area (Å²) >= 11 is 1.49. The summed E-state index contributed by atoms with van der Waals surface area (Å²) in [5, 5.41) is 3.75. The maximum atomic E-state index is 12.2. The van der Waals surface area contributed by atoms with Gasteiger partial charge in [-0.3, -0.25) is 4.79 Å². The van der Waals surface area contributed by atoms with Crippen molar-refractivity contribution in [3.05, 3.63) is 54.2 Å². The lowest BCUT2D eigenvalue weighted by molar-refractivity contribution is 0.0950. The van der Waals surface area contributed by atoms with Crippen LogP contribution in [0.5, 0.6) is 0 Å². The first kappa shape index (κ1) is 17.3. The highest BCUT2D eigenvalue weighted by atomic mass is 32.2. The monoisotopic (exact) mass is 329 g/mol. The van der Waals surface area contributed by atoms with Crippen LogP contribution in [-0.2, 0) is 0 Å². The van der Waals surface area contributed by atoms with Crippen LogP contribution in [0.15, 0.2) is 53.7 Å². The van der Waals surface area contributed by atoms with E-state index >= 15 is 0 Å². The third kappa shape index (κ3) is 4.99. The van der Waals surface area contributed by atoms with Gasteiger partial charge in [0.2, 0.25) is 0 Å². The van der Waals surface area contributed by atoms with Crippen LogP contribution in [0, 0.1) is 0 Å². The third-order valence-electron chi connectivity index (χ3n) is 3.60. The fourth-order valence-corrected chi connectivity index (χ4v) is 2.95. The number of hydrogen-bond acceptors (Lipinski definition) is 4. The number of pyridine rings is 1. The number of carbonyl (C=O) groups is 1. The molecule has 122 valence electrons. The number of hydrogen-bond donors (Lipinski definition) is 1. The number of thioether (sulfide) groups is 1. The van der Waals surface area contributed by atoms with E-state index in [1.807, 2.05) is 30.5 Å². The molecule has 0 atom stereocenters. The van der Waals surface area contributed by atoms with Gasteiger partial charge in [0, 0.05) is 31.5 Å². The molecule has 1 aromatic heterocycles. The number of para-hydroxylation sites is 1. The summed E-state index contributed by atoms with van der Waals surface area (Å²) in [5.41, 5.74) is 1.87. The average Bonchev–Trinajstić information content (AvgIpc) is 2.62. The second-order valence-electron chi connectivity index (χ2n) is 5.08. The summed E-state index contributed by atoms with van der Waals surface area (Å²) in [6.07, 6.45) is 4.54. The number of rotatable bonds is 8.